The fraction of sp³-hybridized carbons (Fsp3) is 0.462. The van der Waals surface area contributed by atoms with E-state index in [0.717, 1.165) is 0 Å². The van der Waals surface area contributed by atoms with Crippen molar-refractivity contribution < 1.29 is 34.2 Å². The molecule has 124 valence electrons. The standard InChI is InChI=1S/C13H20NO7P/c15-12(16)11(8-4-5-9-22(18,19)20)14-21-13(17)10-6-2-1-3-7-10/h1-3,6-7,11-12,14-16H,4-5,8-9H2,(H2,18,19,20). The minimum absolute atomic E-state index is 0.180. The maximum Gasteiger partial charge on any atom is 0.356 e. The Morgan fingerprint density at radius 3 is 2.36 bits per heavy atom. The summed E-state index contributed by atoms with van der Waals surface area (Å²) in [6.07, 6.45) is -1.30. The lowest BCUT2D eigenvalue weighted by atomic mass is 10.1. The highest BCUT2D eigenvalue weighted by Crippen LogP contribution is 2.35. The Hall–Kier alpha value is -1.28. The molecule has 0 radical (unpaired) electrons. The third-order valence-electron chi connectivity index (χ3n) is 2.89. The van der Waals surface area contributed by atoms with Crippen LogP contribution < -0.4 is 5.48 Å². The number of hydrogen-bond acceptors (Lipinski definition) is 6. The molecular weight excluding hydrogens is 313 g/mol. The average molecular weight is 333 g/mol. The van der Waals surface area contributed by atoms with Gasteiger partial charge in [0.15, 0.2) is 6.29 Å². The first-order valence-corrected chi connectivity index (χ1v) is 8.52. The van der Waals surface area contributed by atoms with Crippen molar-refractivity contribution in [1.29, 1.82) is 0 Å². The summed E-state index contributed by atoms with van der Waals surface area (Å²) in [6, 6.07) is 7.23. The lowest BCUT2D eigenvalue weighted by Crippen LogP contribution is -2.41. The average Bonchev–Trinajstić information content (AvgIpc) is 2.45. The molecule has 1 unspecified atom stereocenters. The fourth-order valence-electron chi connectivity index (χ4n) is 1.71. The van der Waals surface area contributed by atoms with Crippen molar-refractivity contribution in [1.82, 2.24) is 5.48 Å². The number of unbranched alkanes of at least 4 members (excludes halogenated alkanes) is 1. The molecule has 0 heterocycles. The van der Waals surface area contributed by atoms with E-state index in [1.807, 2.05) is 0 Å². The van der Waals surface area contributed by atoms with Crippen LogP contribution in [0.1, 0.15) is 29.6 Å². The van der Waals surface area contributed by atoms with Crippen molar-refractivity contribution in [2.24, 2.45) is 0 Å². The van der Waals surface area contributed by atoms with Crippen LogP contribution in [0.3, 0.4) is 0 Å². The van der Waals surface area contributed by atoms with Crippen LogP contribution in [0.15, 0.2) is 30.3 Å². The fourth-order valence-corrected chi connectivity index (χ4v) is 2.35. The van der Waals surface area contributed by atoms with Crippen LogP contribution in [0, 0.1) is 0 Å². The normalized spacial score (nSPS) is 13.1. The zero-order valence-electron chi connectivity index (χ0n) is 11.8. The van der Waals surface area contributed by atoms with Crippen molar-refractivity contribution in [2.75, 3.05) is 6.16 Å². The molecule has 0 aliphatic rings. The number of rotatable bonds is 9. The van der Waals surface area contributed by atoms with E-state index in [1.54, 1.807) is 30.3 Å². The molecule has 1 atom stereocenters. The second kappa shape index (κ2) is 8.99. The Bertz CT molecular complexity index is 502. The van der Waals surface area contributed by atoms with Crippen LogP contribution in [-0.2, 0) is 9.40 Å². The summed E-state index contributed by atoms with van der Waals surface area (Å²) < 4.78 is 10.7. The molecule has 0 aromatic heterocycles. The largest absolute Gasteiger partial charge is 0.367 e. The zero-order chi connectivity index (χ0) is 16.6. The van der Waals surface area contributed by atoms with Gasteiger partial charge in [0.05, 0.1) is 11.6 Å². The first kappa shape index (κ1) is 18.8. The topological polar surface area (TPSA) is 136 Å². The van der Waals surface area contributed by atoms with Crippen molar-refractivity contribution in [3.8, 4) is 0 Å². The first-order valence-electron chi connectivity index (χ1n) is 6.72. The molecule has 1 aromatic carbocycles. The predicted molar refractivity (Wildman–Crippen MR) is 77.8 cm³/mol. The highest BCUT2D eigenvalue weighted by atomic mass is 31.2. The summed E-state index contributed by atoms with van der Waals surface area (Å²) in [5.74, 6) is -0.665. The van der Waals surface area contributed by atoms with Gasteiger partial charge >= 0.3 is 13.6 Å². The summed E-state index contributed by atoms with van der Waals surface area (Å²) in [4.78, 5) is 33.9. The number of carbonyl (C=O) groups excluding carboxylic acids is 1. The van der Waals surface area contributed by atoms with Crippen LogP contribution in [0.5, 0.6) is 0 Å². The summed E-state index contributed by atoms with van der Waals surface area (Å²) in [5.41, 5.74) is 2.58. The van der Waals surface area contributed by atoms with Crippen LogP contribution in [0.25, 0.3) is 0 Å². The zero-order valence-corrected chi connectivity index (χ0v) is 12.7. The molecular formula is C13H20NO7P. The number of aliphatic hydroxyl groups is 2. The van der Waals surface area contributed by atoms with Gasteiger partial charge < -0.3 is 24.8 Å². The predicted octanol–water partition coefficient (Wildman–Crippen LogP) is 0.375. The molecule has 0 aliphatic carbocycles. The van der Waals surface area contributed by atoms with Gasteiger partial charge in [-0.2, -0.15) is 0 Å². The summed E-state index contributed by atoms with van der Waals surface area (Å²) in [6.45, 7) is 0. The summed E-state index contributed by atoms with van der Waals surface area (Å²) in [7, 11) is -4.05. The van der Waals surface area contributed by atoms with Gasteiger partial charge in [0.1, 0.15) is 0 Å². The third-order valence-corrected chi connectivity index (χ3v) is 3.79. The van der Waals surface area contributed by atoms with Crippen molar-refractivity contribution in [3.63, 3.8) is 0 Å². The van der Waals surface area contributed by atoms with E-state index >= 15 is 0 Å². The Morgan fingerprint density at radius 2 is 1.82 bits per heavy atom. The Morgan fingerprint density at radius 1 is 1.18 bits per heavy atom. The lowest BCUT2D eigenvalue weighted by Gasteiger charge is -2.19. The first-order chi connectivity index (χ1) is 10.3. The van der Waals surface area contributed by atoms with Gasteiger partial charge in [-0.05, 0) is 25.0 Å². The van der Waals surface area contributed by atoms with Crippen LogP contribution in [0.2, 0.25) is 0 Å². The maximum atomic E-state index is 11.7. The van der Waals surface area contributed by atoms with E-state index in [4.69, 9.17) is 14.6 Å². The minimum atomic E-state index is -4.05. The number of hydroxylamine groups is 1. The smallest absolute Gasteiger partial charge is 0.356 e. The van der Waals surface area contributed by atoms with E-state index in [0.29, 0.717) is 12.0 Å². The van der Waals surface area contributed by atoms with Gasteiger partial charge in [-0.3, -0.25) is 4.57 Å². The Labute approximate surface area is 127 Å². The minimum Gasteiger partial charge on any atom is -0.367 e. The molecule has 1 aromatic rings. The summed E-state index contributed by atoms with van der Waals surface area (Å²) >= 11 is 0. The number of nitrogens with one attached hydrogen (secondary N) is 1. The molecule has 0 saturated heterocycles. The van der Waals surface area contributed by atoms with E-state index in [1.165, 1.54) is 0 Å². The lowest BCUT2D eigenvalue weighted by molar-refractivity contribution is -0.100. The highest BCUT2D eigenvalue weighted by molar-refractivity contribution is 7.51. The SMILES string of the molecule is O=C(ONC(CCCCP(=O)(O)O)C(O)O)c1ccccc1. The molecule has 8 nitrogen and oxygen atoms in total. The van der Waals surface area contributed by atoms with Crippen LogP contribution in [-0.4, -0.2) is 44.5 Å². The van der Waals surface area contributed by atoms with Crippen molar-refractivity contribution in [3.05, 3.63) is 35.9 Å². The van der Waals surface area contributed by atoms with E-state index in [2.05, 4.69) is 5.48 Å². The van der Waals surface area contributed by atoms with Gasteiger partial charge in [0.2, 0.25) is 0 Å². The second-order valence-electron chi connectivity index (χ2n) is 4.78. The van der Waals surface area contributed by atoms with Gasteiger partial charge in [-0.15, -0.1) is 5.48 Å². The molecule has 0 bridgehead atoms. The van der Waals surface area contributed by atoms with Gasteiger partial charge in [-0.1, -0.05) is 24.6 Å². The molecule has 9 heteroatoms. The number of hydrogen-bond donors (Lipinski definition) is 5. The molecule has 0 aliphatic heterocycles. The van der Waals surface area contributed by atoms with Gasteiger partial charge in [0, 0.05) is 6.16 Å². The molecule has 0 spiro atoms. The van der Waals surface area contributed by atoms with Crippen LogP contribution >= 0.6 is 7.60 Å². The quantitative estimate of drug-likeness (QED) is 0.189. The highest BCUT2D eigenvalue weighted by Gasteiger charge is 2.20. The molecule has 0 amide bonds. The van der Waals surface area contributed by atoms with Crippen LogP contribution in [0.4, 0.5) is 0 Å². The molecule has 22 heavy (non-hydrogen) atoms. The van der Waals surface area contributed by atoms with Crippen molar-refractivity contribution in [2.45, 2.75) is 31.6 Å². The third kappa shape index (κ3) is 7.65. The number of benzene rings is 1. The Balaban J connectivity index is 2.38. The monoisotopic (exact) mass is 333 g/mol. The molecule has 0 fully saturated rings. The summed E-state index contributed by atoms with van der Waals surface area (Å²) in [5, 5.41) is 18.4. The van der Waals surface area contributed by atoms with Gasteiger partial charge in [-0.25, -0.2) is 4.79 Å². The maximum absolute atomic E-state index is 11.7. The second-order valence-corrected chi connectivity index (χ2v) is 6.55. The number of carbonyl (C=O) groups is 1. The molecule has 0 saturated carbocycles. The molecule has 1 rings (SSSR count). The number of aliphatic hydroxyl groups excluding tert-OH is 1. The van der Waals surface area contributed by atoms with E-state index < -0.39 is 25.9 Å². The van der Waals surface area contributed by atoms with Gasteiger partial charge in [0.25, 0.3) is 0 Å². The van der Waals surface area contributed by atoms with E-state index in [9.17, 15) is 19.6 Å². The van der Waals surface area contributed by atoms with E-state index in [-0.39, 0.29) is 19.0 Å². The molecule has 5 N–H and O–H groups in total. The van der Waals surface area contributed by atoms with Crippen molar-refractivity contribution >= 4 is 13.6 Å². The Kier molecular flexibility index (Phi) is 7.67.